The molecule has 0 aromatic rings. The minimum Gasteiger partial charge on any atom is -0.349 e. The molecular formula is C17H29NO2. The maximum atomic E-state index is 12.2. The van der Waals surface area contributed by atoms with Crippen LogP contribution in [-0.2, 0) is 9.59 Å². The van der Waals surface area contributed by atoms with Crippen LogP contribution in [0.3, 0.4) is 0 Å². The summed E-state index contributed by atoms with van der Waals surface area (Å²) in [5, 5.41) is 2.87. The zero-order valence-electron chi connectivity index (χ0n) is 13.2. The van der Waals surface area contributed by atoms with Crippen molar-refractivity contribution in [1.29, 1.82) is 0 Å². The molecule has 0 saturated heterocycles. The third-order valence-corrected chi connectivity index (χ3v) is 5.17. The summed E-state index contributed by atoms with van der Waals surface area (Å²) in [5.41, 5.74) is -0.367. The van der Waals surface area contributed by atoms with E-state index in [1.807, 2.05) is 20.8 Å². The molecule has 0 aromatic carbocycles. The molecule has 20 heavy (non-hydrogen) atoms. The zero-order chi connectivity index (χ0) is 14.8. The number of Topliss-reactive ketones (excluding diaryl/α,β-unsaturated/α-hetero) is 1. The Balaban J connectivity index is 1.80. The van der Waals surface area contributed by atoms with Gasteiger partial charge in [0.25, 0.3) is 0 Å². The van der Waals surface area contributed by atoms with Crippen LogP contribution in [0.25, 0.3) is 0 Å². The largest absolute Gasteiger partial charge is 0.349 e. The van der Waals surface area contributed by atoms with Crippen LogP contribution in [-0.4, -0.2) is 18.2 Å². The Labute approximate surface area is 122 Å². The zero-order valence-corrected chi connectivity index (χ0v) is 13.2. The topological polar surface area (TPSA) is 46.2 Å². The van der Waals surface area contributed by atoms with Crippen molar-refractivity contribution in [3.05, 3.63) is 0 Å². The smallest absolute Gasteiger partial charge is 0.223 e. The number of rotatable bonds is 3. The van der Waals surface area contributed by atoms with Gasteiger partial charge in [0.2, 0.25) is 5.91 Å². The molecular weight excluding hydrogens is 250 g/mol. The Bertz CT molecular complexity index is 370. The Hall–Kier alpha value is -0.860. The lowest BCUT2D eigenvalue weighted by atomic mass is 9.67. The van der Waals surface area contributed by atoms with Gasteiger partial charge in [-0.15, -0.1) is 0 Å². The lowest BCUT2D eigenvalue weighted by molar-refractivity contribution is -0.132. The van der Waals surface area contributed by atoms with Crippen LogP contribution in [0.4, 0.5) is 0 Å². The van der Waals surface area contributed by atoms with E-state index < -0.39 is 0 Å². The number of carbonyl (C=O) groups excluding carboxylic acids is 2. The molecule has 0 radical (unpaired) electrons. The highest BCUT2D eigenvalue weighted by Crippen LogP contribution is 2.42. The normalized spacial score (nSPS) is 30.4. The molecule has 114 valence electrons. The maximum absolute atomic E-state index is 12.2. The van der Waals surface area contributed by atoms with Crippen LogP contribution in [0.1, 0.15) is 65.7 Å². The van der Waals surface area contributed by atoms with Crippen molar-refractivity contribution < 1.29 is 9.59 Å². The lowest BCUT2D eigenvalue weighted by Crippen LogP contribution is -2.41. The number of nitrogens with one attached hydrogen (secondary N) is 1. The van der Waals surface area contributed by atoms with Crippen molar-refractivity contribution >= 4 is 11.7 Å². The van der Waals surface area contributed by atoms with Crippen molar-refractivity contribution in [2.45, 2.75) is 65.7 Å². The van der Waals surface area contributed by atoms with E-state index in [0.29, 0.717) is 0 Å². The van der Waals surface area contributed by atoms with Crippen LogP contribution in [0.5, 0.6) is 0 Å². The summed E-state index contributed by atoms with van der Waals surface area (Å²) in [6, 6.07) is 0. The van der Waals surface area contributed by atoms with Gasteiger partial charge in [-0.25, -0.2) is 0 Å². The third kappa shape index (κ3) is 3.83. The first kappa shape index (κ1) is 15.5. The van der Waals surface area contributed by atoms with Crippen LogP contribution in [0.15, 0.2) is 0 Å². The van der Waals surface area contributed by atoms with Gasteiger partial charge in [0.1, 0.15) is 0 Å². The van der Waals surface area contributed by atoms with Gasteiger partial charge in [-0.1, -0.05) is 46.5 Å². The van der Waals surface area contributed by atoms with Gasteiger partial charge >= 0.3 is 0 Å². The fourth-order valence-corrected chi connectivity index (χ4v) is 3.69. The highest BCUT2D eigenvalue weighted by molar-refractivity contribution is 5.89. The predicted octanol–water partition coefficient (Wildman–Crippen LogP) is 3.32. The maximum Gasteiger partial charge on any atom is 0.223 e. The Kier molecular flexibility index (Phi) is 4.87. The lowest BCUT2D eigenvalue weighted by Gasteiger charge is -2.38. The van der Waals surface area contributed by atoms with Gasteiger partial charge in [0.05, 0.1) is 6.54 Å². The van der Waals surface area contributed by atoms with E-state index in [2.05, 4.69) is 5.32 Å². The first-order valence-electron chi connectivity index (χ1n) is 8.19. The fourth-order valence-electron chi connectivity index (χ4n) is 3.69. The summed E-state index contributed by atoms with van der Waals surface area (Å²) in [7, 11) is 0. The van der Waals surface area contributed by atoms with Gasteiger partial charge in [0, 0.05) is 11.3 Å². The van der Waals surface area contributed by atoms with Gasteiger partial charge in [-0.3, -0.25) is 9.59 Å². The van der Waals surface area contributed by atoms with Crippen LogP contribution in [0.2, 0.25) is 0 Å². The molecule has 1 amide bonds. The average Bonchev–Trinajstić information content (AvgIpc) is 2.42. The minimum atomic E-state index is -0.367. The Morgan fingerprint density at radius 3 is 2.30 bits per heavy atom. The van der Waals surface area contributed by atoms with Crippen molar-refractivity contribution in [2.24, 2.45) is 23.2 Å². The predicted molar refractivity (Wildman–Crippen MR) is 80.3 cm³/mol. The van der Waals surface area contributed by atoms with Crippen molar-refractivity contribution in [3.63, 3.8) is 0 Å². The second-order valence-corrected chi connectivity index (χ2v) is 7.71. The molecule has 0 aromatic heterocycles. The summed E-state index contributed by atoms with van der Waals surface area (Å²) in [5.74, 6) is 1.97. The summed E-state index contributed by atoms with van der Waals surface area (Å²) < 4.78 is 0. The molecule has 0 bridgehead atoms. The highest BCUT2D eigenvalue weighted by atomic mass is 16.2. The third-order valence-electron chi connectivity index (χ3n) is 5.17. The molecule has 3 atom stereocenters. The summed E-state index contributed by atoms with van der Waals surface area (Å²) in [6.45, 7) is 5.88. The van der Waals surface area contributed by atoms with E-state index in [1.165, 1.54) is 32.1 Å². The number of hydrogen-bond acceptors (Lipinski definition) is 2. The SMILES string of the molecule is CC(C)(C)C(=O)CNC(=O)C1CCC2CCCCC2C1. The first-order chi connectivity index (χ1) is 9.38. The van der Waals surface area contributed by atoms with Crippen LogP contribution < -0.4 is 5.32 Å². The molecule has 2 fully saturated rings. The van der Waals surface area contributed by atoms with E-state index in [-0.39, 0.29) is 29.6 Å². The van der Waals surface area contributed by atoms with Crippen molar-refractivity contribution in [3.8, 4) is 0 Å². The molecule has 3 nitrogen and oxygen atoms in total. The number of ketones is 1. The highest BCUT2D eigenvalue weighted by Gasteiger charge is 2.35. The standard InChI is InChI=1S/C17H29NO2/c1-17(2,3)15(19)11-18-16(20)14-9-8-12-6-4-5-7-13(12)10-14/h12-14H,4-11H2,1-3H3,(H,18,20). The van der Waals surface area contributed by atoms with E-state index in [0.717, 1.165) is 24.7 Å². The molecule has 0 spiro atoms. The van der Waals surface area contributed by atoms with Crippen LogP contribution >= 0.6 is 0 Å². The van der Waals surface area contributed by atoms with Gasteiger partial charge in [-0.05, 0) is 31.1 Å². The van der Waals surface area contributed by atoms with Crippen LogP contribution in [0, 0.1) is 23.2 Å². The van der Waals surface area contributed by atoms with Gasteiger partial charge in [0.15, 0.2) is 5.78 Å². The molecule has 2 aliphatic carbocycles. The fraction of sp³-hybridized carbons (Fsp3) is 0.882. The monoisotopic (exact) mass is 279 g/mol. The van der Waals surface area contributed by atoms with E-state index >= 15 is 0 Å². The van der Waals surface area contributed by atoms with Crippen molar-refractivity contribution in [1.82, 2.24) is 5.32 Å². The molecule has 3 heteroatoms. The van der Waals surface area contributed by atoms with Gasteiger partial charge < -0.3 is 5.32 Å². The van der Waals surface area contributed by atoms with E-state index in [4.69, 9.17) is 0 Å². The molecule has 0 aliphatic heterocycles. The number of fused-ring (bicyclic) bond motifs is 1. The molecule has 2 saturated carbocycles. The second kappa shape index (κ2) is 6.28. The Morgan fingerprint density at radius 2 is 1.65 bits per heavy atom. The van der Waals surface area contributed by atoms with E-state index in [9.17, 15) is 9.59 Å². The number of carbonyl (C=O) groups is 2. The number of amides is 1. The molecule has 1 N–H and O–H groups in total. The molecule has 3 unspecified atom stereocenters. The van der Waals surface area contributed by atoms with Crippen molar-refractivity contribution in [2.75, 3.05) is 6.54 Å². The summed E-state index contributed by atoms with van der Waals surface area (Å²) in [4.78, 5) is 24.1. The van der Waals surface area contributed by atoms with Gasteiger partial charge in [-0.2, -0.15) is 0 Å². The second-order valence-electron chi connectivity index (χ2n) is 7.71. The summed E-state index contributed by atoms with van der Waals surface area (Å²) >= 11 is 0. The first-order valence-corrected chi connectivity index (χ1v) is 8.19. The molecule has 0 heterocycles. The Morgan fingerprint density at radius 1 is 1.00 bits per heavy atom. The number of hydrogen-bond donors (Lipinski definition) is 1. The van der Waals surface area contributed by atoms with E-state index in [1.54, 1.807) is 0 Å². The molecule has 2 rings (SSSR count). The summed E-state index contributed by atoms with van der Waals surface area (Å²) in [6.07, 6.45) is 8.62. The minimum absolute atomic E-state index is 0.103. The average molecular weight is 279 g/mol. The quantitative estimate of drug-likeness (QED) is 0.861. The molecule has 2 aliphatic rings.